The summed E-state index contributed by atoms with van der Waals surface area (Å²) in [6, 6.07) is 3.16. The van der Waals surface area contributed by atoms with E-state index in [0.717, 1.165) is 25.7 Å². The summed E-state index contributed by atoms with van der Waals surface area (Å²) in [4.78, 5) is 25.8. The van der Waals surface area contributed by atoms with Gasteiger partial charge in [0.25, 0.3) is 5.91 Å². The van der Waals surface area contributed by atoms with Crippen LogP contribution in [0.15, 0.2) is 18.3 Å². The Morgan fingerprint density at radius 1 is 1.32 bits per heavy atom. The molecule has 0 atom stereocenters. The Kier molecular flexibility index (Phi) is 6.12. The molecule has 1 aliphatic carbocycles. The number of nitro groups is 1. The van der Waals surface area contributed by atoms with Crippen molar-refractivity contribution in [2.24, 2.45) is 0 Å². The molecule has 0 unspecified atom stereocenters. The van der Waals surface area contributed by atoms with Crippen molar-refractivity contribution < 1.29 is 14.5 Å². The molecule has 1 heterocycles. The van der Waals surface area contributed by atoms with Gasteiger partial charge in [0.05, 0.1) is 0 Å². The fraction of sp³-hybridized carbons (Fsp3) is 0.600. The number of rotatable bonds is 5. The minimum atomic E-state index is -0.623. The lowest BCUT2D eigenvalue weighted by molar-refractivity contribution is -0.390. The number of carbonyl (C=O) groups is 1. The van der Waals surface area contributed by atoms with Crippen LogP contribution in [0.3, 0.4) is 0 Å². The highest BCUT2D eigenvalue weighted by Crippen LogP contribution is 2.22. The van der Waals surface area contributed by atoms with Crippen molar-refractivity contribution >= 4 is 11.7 Å². The fourth-order valence-electron chi connectivity index (χ4n) is 2.65. The molecule has 7 nitrogen and oxygen atoms in total. The SMILES string of the molecule is O=C(COc1cccnc1[N+](=O)[O-])NC1CCCCCCC1. The maximum absolute atomic E-state index is 11.9. The molecule has 0 spiro atoms. The summed E-state index contributed by atoms with van der Waals surface area (Å²) in [5, 5.41) is 13.8. The van der Waals surface area contributed by atoms with E-state index in [1.807, 2.05) is 0 Å². The molecule has 7 heteroatoms. The van der Waals surface area contributed by atoms with E-state index in [9.17, 15) is 14.9 Å². The molecule has 1 aromatic heterocycles. The van der Waals surface area contributed by atoms with E-state index in [1.165, 1.54) is 37.6 Å². The summed E-state index contributed by atoms with van der Waals surface area (Å²) in [6.45, 7) is -0.233. The minimum Gasteiger partial charge on any atom is -0.476 e. The Balaban J connectivity index is 1.83. The summed E-state index contributed by atoms with van der Waals surface area (Å²) in [7, 11) is 0. The first-order valence-electron chi connectivity index (χ1n) is 7.68. The zero-order valence-electron chi connectivity index (χ0n) is 12.5. The molecule has 0 aliphatic heterocycles. The molecule has 0 aromatic carbocycles. The van der Waals surface area contributed by atoms with Crippen molar-refractivity contribution in [2.45, 2.75) is 51.0 Å². The van der Waals surface area contributed by atoms with Crippen LogP contribution in [0, 0.1) is 10.1 Å². The van der Waals surface area contributed by atoms with Crippen LogP contribution in [0.5, 0.6) is 5.75 Å². The number of nitrogens with one attached hydrogen (secondary N) is 1. The maximum Gasteiger partial charge on any atom is 0.406 e. The second-order valence-electron chi connectivity index (χ2n) is 5.48. The van der Waals surface area contributed by atoms with E-state index in [-0.39, 0.29) is 30.1 Å². The predicted molar refractivity (Wildman–Crippen MR) is 80.6 cm³/mol. The maximum atomic E-state index is 11.9. The summed E-state index contributed by atoms with van der Waals surface area (Å²) in [5.74, 6) is -0.606. The molecular formula is C15H21N3O4. The first kappa shape index (κ1) is 16.2. The molecule has 0 bridgehead atoms. The van der Waals surface area contributed by atoms with Crippen LogP contribution < -0.4 is 10.1 Å². The number of aromatic nitrogens is 1. The molecule has 1 fully saturated rings. The van der Waals surface area contributed by atoms with E-state index in [4.69, 9.17) is 4.74 Å². The summed E-state index contributed by atoms with van der Waals surface area (Å²) < 4.78 is 5.24. The fourth-order valence-corrected chi connectivity index (χ4v) is 2.65. The number of hydrogen-bond acceptors (Lipinski definition) is 5. The summed E-state index contributed by atoms with van der Waals surface area (Å²) >= 11 is 0. The van der Waals surface area contributed by atoms with Gasteiger partial charge >= 0.3 is 5.82 Å². The number of nitrogens with zero attached hydrogens (tertiary/aromatic N) is 2. The van der Waals surface area contributed by atoms with E-state index in [2.05, 4.69) is 10.3 Å². The van der Waals surface area contributed by atoms with Crippen molar-refractivity contribution in [3.05, 3.63) is 28.4 Å². The number of ether oxygens (including phenoxy) is 1. The third-order valence-corrected chi connectivity index (χ3v) is 3.75. The van der Waals surface area contributed by atoms with Gasteiger partial charge in [0, 0.05) is 6.04 Å². The predicted octanol–water partition coefficient (Wildman–Crippen LogP) is 2.60. The second-order valence-corrected chi connectivity index (χ2v) is 5.48. The molecule has 2 rings (SSSR count). The normalized spacial score (nSPS) is 16.4. The lowest BCUT2D eigenvalue weighted by Gasteiger charge is -2.21. The van der Waals surface area contributed by atoms with Crippen LogP contribution in [0.4, 0.5) is 5.82 Å². The van der Waals surface area contributed by atoms with Crippen molar-refractivity contribution in [3.8, 4) is 5.75 Å². The van der Waals surface area contributed by atoms with Crippen LogP contribution >= 0.6 is 0 Å². The Bertz CT molecular complexity index is 513. The first-order valence-corrected chi connectivity index (χ1v) is 7.68. The van der Waals surface area contributed by atoms with Gasteiger partial charge in [-0.1, -0.05) is 32.1 Å². The quantitative estimate of drug-likeness (QED) is 0.666. The lowest BCUT2D eigenvalue weighted by Crippen LogP contribution is -2.38. The second kappa shape index (κ2) is 8.31. The molecule has 1 aliphatic rings. The van der Waals surface area contributed by atoms with E-state index in [0.29, 0.717) is 0 Å². The zero-order valence-corrected chi connectivity index (χ0v) is 12.5. The molecule has 1 aromatic rings. The molecule has 0 saturated heterocycles. The Hall–Kier alpha value is -2.18. The minimum absolute atomic E-state index is 0.0142. The van der Waals surface area contributed by atoms with Crippen LogP contribution in [0.25, 0.3) is 0 Å². The zero-order chi connectivity index (χ0) is 15.8. The molecule has 1 N–H and O–H groups in total. The summed E-state index contributed by atoms with van der Waals surface area (Å²) in [6.07, 6.45) is 9.24. The summed E-state index contributed by atoms with van der Waals surface area (Å²) in [5.41, 5.74) is 0. The average molecular weight is 307 g/mol. The van der Waals surface area contributed by atoms with Gasteiger partial charge in [-0.2, -0.15) is 0 Å². The number of carbonyl (C=O) groups excluding carboxylic acids is 1. The average Bonchev–Trinajstić information content (AvgIpc) is 2.48. The van der Waals surface area contributed by atoms with Gasteiger partial charge in [-0.15, -0.1) is 0 Å². The monoisotopic (exact) mass is 307 g/mol. The van der Waals surface area contributed by atoms with Crippen molar-refractivity contribution in [2.75, 3.05) is 6.61 Å². The first-order chi connectivity index (χ1) is 10.7. The third-order valence-electron chi connectivity index (χ3n) is 3.75. The molecule has 22 heavy (non-hydrogen) atoms. The molecule has 1 saturated carbocycles. The molecular weight excluding hydrogens is 286 g/mol. The topological polar surface area (TPSA) is 94.4 Å². The molecule has 1 amide bonds. The van der Waals surface area contributed by atoms with Gasteiger partial charge in [0.15, 0.2) is 6.61 Å². The van der Waals surface area contributed by atoms with Gasteiger partial charge < -0.3 is 20.2 Å². The van der Waals surface area contributed by atoms with Gasteiger partial charge in [-0.3, -0.25) is 4.79 Å². The van der Waals surface area contributed by atoms with Gasteiger partial charge in [-0.25, -0.2) is 0 Å². The highest BCUT2D eigenvalue weighted by molar-refractivity contribution is 5.77. The number of hydrogen-bond donors (Lipinski definition) is 1. The van der Waals surface area contributed by atoms with Crippen LogP contribution in [-0.4, -0.2) is 28.5 Å². The molecule has 0 radical (unpaired) electrons. The molecule has 120 valence electrons. The van der Waals surface area contributed by atoms with Crippen molar-refractivity contribution in [1.29, 1.82) is 0 Å². The van der Waals surface area contributed by atoms with Crippen LogP contribution in [-0.2, 0) is 4.79 Å². The standard InChI is InChI=1S/C15H21N3O4/c19-14(17-12-7-4-2-1-3-5-8-12)11-22-13-9-6-10-16-15(13)18(20)21/h6,9-10,12H,1-5,7-8,11H2,(H,17,19). The van der Waals surface area contributed by atoms with E-state index in [1.54, 1.807) is 0 Å². The van der Waals surface area contributed by atoms with E-state index < -0.39 is 4.92 Å². The van der Waals surface area contributed by atoms with Gasteiger partial charge in [-0.05, 0) is 34.9 Å². The number of amides is 1. The number of pyridine rings is 1. The van der Waals surface area contributed by atoms with Gasteiger partial charge in [0.1, 0.15) is 6.20 Å². The van der Waals surface area contributed by atoms with Crippen LogP contribution in [0.1, 0.15) is 44.9 Å². The Morgan fingerprint density at radius 2 is 2.00 bits per heavy atom. The Morgan fingerprint density at radius 3 is 2.68 bits per heavy atom. The van der Waals surface area contributed by atoms with Crippen molar-refractivity contribution in [1.82, 2.24) is 10.3 Å². The highest BCUT2D eigenvalue weighted by atomic mass is 16.6. The smallest absolute Gasteiger partial charge is 0.406 e. The lowest BCUT2D eigenvalue weighted by atomic mass is 9.97. The largest absolute Gasteiger partial charge is 0.476 e. The third kappa shape index (κ3) is 4.98. The Labute approximate surface area is 129 Å². The van der Waals surface area contributed by atoms with Crippen molar-refractivity contribution in [3.63, 3.8) is 0 Å². The van der Waals surface area contributed by atoms with E-state index >= 15 is 0 Å². The highest BCUT2D eigenvalue weighted by Gasteiger charge is 2.18. The van der Waals surface area contributed by atoms with Crippen LogP contribution in [0.2, 0.25) is 0 Å². The van der Waals surface area contributed by atoms with Gasteiger partial charge in [0.2, 0.25) is 5.75 Å².